The Bertz CT molecular complexity index is 979. The zero-order valence-corrected chi connectivity index (χ0v) is 13.7. The molecule has 2 aromatic carbocycles. The Hall–Kier alpha value is -3.09. The first-order valence-electron chi connectivity index (χ1n) is 7.37. The summed E-state index contributed by atoms with van der Waals surface area (Å²) in [6.45, 7) is 0. The van der Waals surface area contributed by atoms with Crippen LogP contribution in [-0.2, 0) is 4.79 Å². The fourth-order valence-corrected chi connectivity index (χ4v) is 2.60. The Labute approximate surface area is 148 Å². The molecule has 1 heterocycles. The molecule has 2 amide bonds. The minimum Gasteiger partial charge on any atom is -0.360 e. The standard InChI is InChI=1S/C18H14ClN3O3/c19-12-6-7-16-13(9-12)14(10-20-16)18(24)21-15-4-2-1-3-11(15)5-8-17(23)22-25/h1-10,20,25H,(H,21,24)(H,22,23). The topological polar surface area (TPSA) is 94.2 Å². The number of carbonyl (C=O) groups excluding carboxylic acids is 2. The number of fused-ring (bicyclic) bond motifs is 1. The Morgan fingerprint density at radius 2 is 1.96 bits per heavy atom. The molecule has 1 aromatic heterocycles. The van der Waals surface area contributed by atoms with E-state index < -0.39 is 5.91 Å². The highest BCUT2D eigenvalue weighted by Gasteiger charge is 2.13. The summed E-state index contributed by atoms with van der Waals surface area (Å²) in [6, 6.07) is 12.3. The van der Waals surface area contributed by atoms with E-state index in [2.05, 4.69) is 10.3 Å². The summed E-state index contributed by atoms with van der Waals surface area (Å²) in [7, 11) is 0. The number of halogens is 1. The number of rotatable bonds is 4. The van der Waals surface area contributed by atoms with Crippen LogP contribution in [0.1, 0.15) is 15.9 Å². The molecule has 3 aromatic rings. The summed E-state index contributed by atoms with van der Waals surface area (Å²) in [4.78, 5) is 26.8. The van der Waals surface area contributed by atoms with Gasteiger partial charge in [-0.25, -0.2) is 5.48 Å². The quantitative estimate of drug-likeness (QED) is 0.327. The number of amides is 2. The third kappa shape index (κ3) is 3.71. The summed E-state index contributed by atoms with van der Waals surface area (Å²) in [5.41, 5.74) is 3.94. The molecule has 0 saturated heterocycles. The van der Waals surface area contributed by atoms with Gasteiger partial charge < -0.3 is 10.3 Å². The number of anilines is 1. The first-order chi connectivity index (χ1) is 12.1. The van der Waals surface area contributed by atoms with Crippen LogP contribution in [-0.4, -0.2) is 22.0 Å². The molecule has 7 heteroatoms. The van der Waals surface area contributed by atoms with Gasteiger partial charge in [-0.3, -0.25) is 14.8 Å². The van der Waals surface area contributed by atoms with Crippen LogP contribution < -0.4 is 10.8 Å². The smallest absolute Gasteiger partial charge is 0.267 e. The van der Waals surface area contributed by atoms with Gasteiger partial charge >= 0.3 is 0 Å². The number of aromatic nitrogens is 1. The van der Waals surface area contributed by atoms with Gasteiger partial charge in [0.05, 0.1) is 5.56 Å². The lowest BCUT2D eigenvalue weighted by molar-refractivity contribution is -0.124. The van der Waals surface area contributed by atoms with Gasteiger partial charge in [-0.1, -0.05) is 29.8 Å². The van der Waals surface area contributed by atoms with E-state index in [-0.39, 0.29) is 5.91 Å². The maximum absolute atomic E-state index is 12.6. The molecule has 126 valence electrons. The lowest BCUT2D eigenvalue weighted by atomic mass is 10.1. The highest BCUT2D eigenvalue weighted by molar-refractivity contribution is 6.31. The van der Waals surface area contributed by atoms with Crippen molar-refractivity contribution in [3.63, 3.8) is 0 Å². The number of carbonyl (C=O) groups is 2. The van der Waals surface area contributed by atoms with E-state index in [0.717, 1.165) is 17.0 Å². The minimum atomic E-state index is -0.660. The molecule has 0 radical (unpaired) electrons. The normalized spacial score (nSPS) is 11.0. The summed E-state index contributed by atoms with van der Waals surface area (Å²) < 4.78 is 0. The number of hydroxylamine groups is 1. The van der Waals surface area contributed by atoms with Crippen molar-refractivity contribution in [1.29, 1.82) is 0 Å². The van der Waals surface area contributed by atoms with Gasteiger partial charge in [0.25, 0.3) is 11.8 Å². The number of H-pyrrole nitrogens is 1. The number of para-hydroxylation sites is 1. The molecule has 0 saturated carbocycles. The molecule has 3 rings (SSSR count). The zero-order chi connectivity index (χ0) is 17.8. The van der Waals surface area contributed by atoms with Gasteiger partial charge in [0, 0.05) is 33.9 Å². The van der Waals surface area contributed by atoms with Crippen LogP contribution in [0.2, 0.25) is 5.02 Å². The SMILES string of the molecule is O=C(C=Cc1ccccc1NC(=O)c1c[nH]c2ccc(Cl)cc12)NO. The van der Waals surface area contributed by atoms with Crippen molar-refractivity contribution in [1.82, 2.24) is 10.5 Å². The molecule has 6 nitrogen and oxygen atoms in total. The Morgan fingerprint density at radius 1 is 1.16 bits per heavy atom. The molecule has 0 spiro atoms. The van der Waals surface area contributed by atoms with Crippen molar-refractivity contribution in [3.05, 3.63) is 70.9 Å². The monoisotopic (exact) mass is 355 g/mol. The second-order valence-corrected chi connectivity index (χ2v) is 5.68. The largest absolute Gasteiger partial charge is 0.360 e. The summed E-state index contributed by atoms with van der Waals surface area (Å²) in [5.74, 6) is -0.964. The lowest BCUT2D eigenvalue weighted by Crippen LogP contribution is -2.15. The van der Waals surface area contributed by atoms with Gasteiger partial charge in [0.15, 0.2) is 0 Å². The van der Waals surface area contributed by atoms with Crippen molar-refractivity contribution in [2.45, 2.75) is 0 Å². The van der Waals surface area contributed by atoms with Crippen LogP contribution in [0.5, 0.6) is 0 Å². The van der Waals surface area contributed by atoms with E-state index in [1.807, 2.05) is 0 Å². The van der Waals surface area contributed by atoms with Crippen LogP contribution in [0.4, 0.5) is 5.69 Å². The van der Waals surface area contributed by atoms with E-state index >= 15 is 0 Å². The average Bonchev–Trinajstić information content (AvgIpc) is 3.03. The number of hydrogen-bond acceptors (Lipinski definition) is 3. The molecule has 0 fully saturated rings. The van der Waals surface area contributed by atoms with Crippen LogP contribution in [0.25, 0.3) is 17.0 Å². The van der Waals surface area contributed by atoms with Crippen molar-refractivity contribution in [3.8, 4) is 0 Å². The molecule has 4 N–H and O–H groups in total. The van der Waals surface area contributed by atoms with Crippen molar-refractivity contribution in [2.24, 2.45) is 0 Å². The molecule has 25 heavy (non-hydrogen) atoms. The molecule has 0 unspecified atom stereocenters. The molecule has 0 aliphatic rings. The molecule has 0 aliphatic heterocycles. The Balaban J connectivity index is 1.89. The maximum atomic E-state index is 12.6. The summed E-state index contributed by atoms with van der Waals surface area (Å²) in [6.07, 6.45) is 4.28. The fraction of sp³-hybridized carbons (Fsp3) is 0. The van der Waals surface area contributed by atoms with E-state index in [1.165, 1.54) is 11.6 Å². The average molecular weight is 356 g/mol. The van der Waals surface area contributed by atoms with Gasteiger partial charge in [-0.15, -0.1) is 0 Å². The molecular formula is C18H14ClN3O3. The van der Waals surface area contributed by atoms with Crippen LogP contribution in [0.15, 0.2) is 54.7 Å². The van der Waals surface area contributed by atoms with E-state index in [0.29, 0.717) is 21.8 Å². The predicted molar refractivity (Wildman–Crippen MR) is 96.7 cm³/mol. The fourth-order valence-electron chi connectivity index (χ4n) is 2.43. The van der Waals surface area contributed by atoms with Crippen molar-refractivity contribution < 1.29 is 14.8 Å². The lowest BCUT2D eigenvalue weighted by Gasteiger charge is -2.08. The van der Waals surface area contributed by atoms with Crippen LogP contribution >= 0.6 is 11.6 Å². The minimum absolute atomic E-state index is 0.305. The summed E-state index contributed by atoms with van der Waals surface area (Å²) in [5, 5.41) is 12.6. The van der Waals surface area contributed by atoms with E-state index in [4.69, 9.17) is 16.8 Å². The zero-order valence-electron chi connectivity index (χ0n) is 12.9. The second kappa shape index (κ2) is 7.21. The van der Waals surface area contributed by atoms with Gasteiger partial charge in [-0.05, 0) is 35.9 Å². The van der Waals surface area contributed by atoms with Crippen molar-refractivity contribution >= 4 is 46.1 Å². The predicted octanol–water partition coefficient (Wildman–Crippen LogP) is 3.59. The first-order valence-corrected chi connectivity index (χ1v) is 7.75. The maximum Gasteiger partial charge on any atom is 0.267 e. The van der Waals surface area contributed by atoms with E-state index in [1.54, 1.807) is 48.7 Å². The third-order valence-corrected chi connectivity index (χ3v) is 3.86. The third-order valence-electron chi connectivity index (χ3n) is 3.62. The first kappa shape index (κ1) is 16.8. The van der Waals surface area contributed by atoms with Gasteiger partial charge in [0.1, 0.15) is 0 Å². The van der Waals surface area contributed by atoms with Gasteiger partial charge in [-0.2, -0.15) is 0 Å². The Morgan fingerprint density at radius 3 is 2.76 bits per heavy atom. The number of aromatic amines is 1. The van der Waals surface area contributed by atoms with Crippen LogP contribution in [0, 0.1) is 0 Å². The molecule has 0 aliphatic carbocycles. The number of hydrogen-bond donors (Lipinski definition) is 4. The van der Waals surface area contributed by atoms with Gasteiger partial charge in [0.2, 0.25) is 0 Å². The summed E-state index contributed by atoms with van der Waals surface area (Å²) >= 11 is 6.01. The number of benzene rings is 2. The second-order valence-electron chi connectivity index (χ2n) is 5.24. The molecular weight excluding hydrogens is 342 g/mol. The number of nitrogens with one attached hydrogen (secondary N) is 3. The Kier molecular flexibility index (Phi) is 4.83. The van der Waals surface area contributed by atoms with E-state index in [9.17, 15) is 9.59 Å². The molecule has 0 atom stereocenters. The van der Waals surface area contributed by atoms with Crippen LogP contribution in [0.3, 0.4) is 0 Å². The molecule has 0 bridgehead atoms. The highest BCUT2D eigenvalue weighted by Crippen LogP contribution is 2.24. The van der Waals surface area contributed by atoms with Crippen molar-refractivity contribution in [2.75, 3.05) is 5.32 Å². The highest BCUT2D eigenvalue weighted by atomic mass is 35.5.